The molecule has 0 fully saturated rings. The Bertz CT molecular complexity index is 776. The van der Waals surface area contributed by atoms with E-state index in [1.54, 1.807) is 13.2 Å². The molecule has 5 nitrogen and oxygen atoms in total. The molecule has 2 N–H and O–H groups in total. The average molecular weight is 356 g/mol. The highest BCUT2D eigenvalue weighted by Crippen LogP contribution is 2.23. The second-order valence-corrected chi connectivity index (χ2v) is 5.48. The number of aromatic nitrogens is 3. The zero-order valence-electron chi connectivity index (χ0n) is 11.9. The monoisotopic (exact) mass is 355 g/mol. The molecule has 0 aliphatic heterocycles. The molecule has 0 saturated carbocycles. The normalized spacial score (nSPS) is 10.3. The Morgan fingerprint density at radius 1 is 0.955 bits per heavy atom. The lowest BCUT2D eigenvalue weighted by molar-refractivity contribution is 1.14. The van der Waals surface area contributed by atoms with Gasteiger partial charge in [0.05, 0.1) is 11.4 Å². The molecule has 3 rings (SSSR count). The molecule has 0 atom stereocenters. The fourth-order valence-electron chi connectivity index (χ4n) is 1.98. The van der Waals surface area contributed by atoms with E-state index in [1.807, 2.05) is 48.5 Å². The van der Waals surface area contributed by atoms with Crippen LogP contribution in [0.1, 0.15) is 0 Å². The third-order valence-electron chi connectivity index (χ3n) is 2.97. The predicted molar refractivity (Wildman–Crippen MR) is 92.2 cm³/mol. The minimum atomic E-state index is 0.542. The number of halogens is 1. The predicted octanol–water partition coefficient (Wildman–Crippen LogP) is 4.09. The van der Waals surface area contributed by atoms with Crippen molar-refractivity contribution < 1.29 is 0 Å². The van der Waals surface area contributed by atoms with Crippen LogP contribution in [0.25, 0.3) is 11.4 Å². The van der Waals surface area contributed by atoms with Gasteiger partial charge in [0.1, 0.15) is 5.82 Å². The quantitative estimate of drug-likeness (QED) is 0.737. The highest BCUT2D eigenvalue weighted by atomic mass is 79.9. The summed E-state index contributed by atoms with van der Waals surface area (Å²) in [7, 11) is 1.79. The van der Waals surface area contributed by atoms with Gasteiger partial charge < -0.3 is 10.6 Å². The van der Waals surface area contributed by atoms with Gasteiger partial charge in [-0.25, -0.2) is 4.98 Å². The maximum Gasteiger partial charge on any atom is 0.225 e. The summed E-state index contributed by atoms with van der Waals surface area (Å²) in [5.74, 6) is 1.25. The van der Waals surface area contributed by atoms with Crippen molar-refractivity contribution in [3.8, 4) is 11.4 Å². The lowest BCUT2D eigenvalue weighted by atomic mass is 10.2. The first-order valence-electron chi connectivity index (χ1n) is 6.75. The van der Waals surface area contributed by atoms with Crippen molar-refractivity contribution in [2.45, 2.75) is 0 Å². The third-order valence-corrected chi connectivity index (χ3v) is 3.47. The van der Waals surface area contributed by atoms with E-state index in [-0.39, 0.29) is 0 Å². The summed E-state index contributed by atoms with van der Waals surface area (Å²) in [6.07, 6.45) is 1.75. The smallest absolute Gasteiger partial charge is 0.225 e. The number of benzene rings is 1. The van der Waals surface area contributed by atoms with Crippen molar-refractivity contribution in [2.24, 2.45) is 0 Å². The van der Waals surface area contributed by atoms with Crippen LogP contribution in [0.2, 0.25) is 0 Å². The minimum Gasteiger partial charge on any atom is -0.357 e. The van der Waals surface area contributed by atoms with E-state index < -0.39 is 0 Å². The summed E-state index contributed by atoms with van der Waals surface area (Å²) in [4.78, 5) is 13.2. The SMILES string of the molecule is CNc1nc(Nc2cccc(Br)c2)cc(-c2ccccn2)n1. The summed E-state index contributed by atoms with van der Waals surface area (Å²) in [6.45, 7) is 0. The number of pyridine rings is 1. The van der Waals surface area contributed by atoms with Gasteiger partial charge in [-0.1, -0.05) is 28.1 Å². The molecule has 6 heteroatoms. The second-order valence-electron chi connectivity index (χ2n) is 4.56. The van der Waals surface area contributed by atoms with Crippen LogP contribution in [0.4, 0.5) is 17.5 Å². The second kappa shape index (κ2) is 6.53. The minimum absolute atomic E-state index is 0.542. The van der Waals surface area contributed by atoms with E-state index in [2.05, 4.69) is 41.5 Å². The highest BCUT2D eigenvalue weighted by molar-refractivity contribution is 9.10. The van der Waals surface area contributed by atoms with E-state index >= 15 is 0 Å². The third kappa shape index (κ3) is 3.40. The molecule has 2 aromatic heterocycles. The van der Waals surface area contributed by atoms with E-state index in [0.29, 0.717) is 11.8 Å². The number of rotatable bonds is 4. The molecule has 22 heavy (non-hydrogen) atoms. The van der Waals surface area contributed by atoms with Crippen molar-refractivity contribution >= 4 is 33.4 Å². The van der Waals surface area contributed by atoms with Crippen molar-refractivity contribution in [2.75, 3.05) is 17.7 Å². The van der Waals surface area contributed by atoms with Crippen molar-refractivity contribution in [3.63, 3.8) is 0 Å². The number of hydrogen-bond donors (Lipinski definition) is 2. The number of nitrogens with one attached hydrogen (secondary N) is 2. The molecular weight excluding hydrogens is 342 g/mol. The fraction of sp³-hybridized carbons (Fsp3) is 0.0625. The van der Waals surface area contributed by atoms with Crippen LogP contribution in [-0.4, -0.2) is 22.0 Å². The van der Waals surface area contributed by atoms with Crippen LogP contribution >= 0.6 is 15.9 Å². The van der Waals surface area contributed by atoms with Gasteiger partial charge in [0.15, 0.2) is 0 Å². The molecule has 0 bridgehead atoms. The molecule has 0 aliphatic rings. The molecule has 3 aromatic rings. The molecule has 0 spiro atoms. The van der Waals surface area contributed by atoms with Gasteiger partial charge in [-0.05, 0) is 30.3 Å². The largest absolute Gasteiger partial charge is 0.357 e. The van der Waals surface area contributed by atoms with Crippen molar-refractivity contribution in [1.82, 2.24) is 15.0 Å². The summed E-state index contributed by atoms with van der Waals surface area (Å²) in [5.41, 5.74) is 2.51. The molecular formula is C16H14BrN5. The van der Waals surface area contributed by atoms with Crippen LogP contribution in [0.15, 0.2) is 59.2 Å². The Balaban J connectivity index is 1.97. The summed E-state index contributed by atoms with van der Waals surface area (Å²) >= 11 is 3.46. The number of hydrogen-bond acceptors (Lipinski definition) is 5. The first-order valence-corrected chi connectivity index (χ1v) is 7.55. The maximum atomic E-state index is 4.45. The van der Waals surface area contributed by atoms with Crippen LogP contribution in [-0.2, 0) is 0 Å². The van der Waals surface area contributed by atoms with Crippen LogP contribution in [0.3, 0.4) is 0 Å². The van der Waals surface area contributed by atoms with E-state index in [1.165, 1.54) is 0 Å². The topological polar surface area (TPSA) is 62.7 Å². The van der Waals surface area contributed by atoms with Crippen molar-refractivity contribution in [3.05, 3.63) is 59.2 Å². The molecule has 1 aromatic carbocycles. The van der Waals surface area contributed by atoms with Crippen LogP contribution in [0.5, 0.6) is 0 Å². The van der Waals surface area contributed by atoms with Gasteiger partial charge in [0.25, 0.3) is 0 Å². The molecule has 0 radical (unpaired) electrons. The molecule has 0 unspecified atom stereocenters. The zero-order valence-corrected chi connectivity index (χ0v) is 13.5. The Kier molecular flexibility index (Phi) is 4.29. The summed E-state index contributed by atoms with van der Waals surface area (Å²) in [5, 5.41) is 6.26. The van der Waals surface area contributed by atoms with Gasteiger partial charge in [0, 0.05) is 29.5 Å². The highest BCUT2D eigenvalue weighted by Gasteiger charge is 2.07. The first-order chi connectivity index (χ1) is 10.7. The molecule has 2 heterocycles. The lowest BCUT2D eigenvalue weighted by Crippen LogP contribution is -2.02. The molecule has 0 saturated heterocycles. The van der Waals surface area contributed by atoms with E-state index in [9.17, 15) is 0 Å². The Hall–Kier alpha value is -2.47. The number of anilines is 3. The first kappa shape index (κ1) is 14.5. The Morgan fingerprint density at radius 2 is 1.86 bits per heavy atom. The Morgan fingerprint density at radius 3 is 2.59 bits per heavy atom. The van der Waals surface area contributed by atoms with Crippen molar-refractivity contribution in [1.29, 1.82) is 0 Å². The van der Waals surface area contributed by atoms with Gasteiger partial charge in [-0.3, -0.25) is 4.98 Å². The molecule has 110 valence electrons. The van der Waals surface area contributed by atoms with Crippen LogP contribution in [0, 0.1) is 0 Å². The zero-order chi connectivity index (χ0) is 15.4. The number of nitrogens with zero attached hydrogens (tertiary/aromatic N) is 3. The lowest BCUT2D eigenvalue weighted by Gasteiger charge is -2.10. The molecule has 0 aliphatic carbocycles. The fourth-order valence-corrected chi connectivity index (χ4v) is 2.38. The summed E-state index contributed by atoms with van der Waals surface area (Å²) in [6, 6.07) is 15.5. The van der Waals surface area contributed by atoms with Gasteiger partial charge in [-0.2, -0.15) is 4.98 Å². The van der Waals surface area contributed by atoms with Gasteiger partial charge >= 0.3 is 0 Å². The maximum absolute atomic E-state index is 4.45. The van der Waals surface area contributed by atoms with Gasteiger partial charge in [0.2, 0.25) is 5.95 Å². The average Bonchev–Trinajstić information content (AvgIpc) is 2.55. The standard InChI is InChI=1S/C16H14BrN5/c1-18-16-21-14(13-7-2-3-8-19-13)10-15(22-16)20-12-6-4-5-11(17)9-12/h2-10H,1H3,(H2,18,20,21,22). The molecule has 0 amide bonds. The Labute approximate surface area is 137 Å². The van der Waals surface area contributed by atoms with E-state index in [4.69, 9.17) is 0 Å². The van der Waals surface area contributed by atoms with E-state index in [0.717, 1.165) is 21.5 Å². The summed E-state index contributed by atoms with van der Waals surface area (Å²) < 4.78 is 1.00. The van der Waals surface area contributed by atoms with Crippen LogP contribution < -0.4 is 10.6 Å². The van der Waals surface area contributed by atoms with Gasteiger partial charge in [-0.15, -0.1) is 0 Å².